The Balaban J connectivity index is 1.23. The molecular formula is C26H31F5N4O2. The summed E-state index contributed by atoms with van der Waals surface area (Å²) in [6.07, 6.45) is -1.03. The molecule has 37 heavy (non-hydrogen) atoms. The molecule has 11 heteroatoms. The van der Waals surface area contributed by atoms with E-state index in [0.717, 1.165) is 24.2 Å². The highest BCUT2D eigenvalue weighted by molar-refractivity contribution is 5.95. The van der Waals surface area contributed by atoms with Gasteiger partial charge in [-0.1, -0.05) is 6.07 Å². The molecule has 4 rings (SSSR count). The zero-order valence-corrected chi connectivity index (χ0v) is 20.4. The van der Waals surface area contributed by atoms with Crippen LogP contribution in [0.1, 0.15) is 65.8 Å². The Hall–Kier alpha value is -2.82. The summed E-state index contributed by atoms with van der Waals surface area (Å²) in [5.74, 6) is -0.423. The third-order valence-corrected chi connectivity index (χ3v) is 7.15. The standard InChI is InChI=1S/C26H31F5N4O2/c27-21(28)16-37-22-4-3-17-7-13-35(14-8-20(17)34-22)15-11-26(31)9-5-18(6-10-26)33-25(36)19-2-1-12-32-23(19)24(29)30/h1-4,12,18,21,24H,5-11,13-16H2,(H,33,36). The second-order valence-electron chi connectivity index (χ2n) is 9.68. The fourth-order valence-electron chi connectivity index (χ4n) is 5.00. The number of nitrogens with zero attached hydrogens (tertiary/aromatic N) is 3. The molecule has 0 bridgehead atoms. The molecule has 1 amide bonds. The van der Waals surface area contributed by atoms with Gasteiger partial charge in [-0.3, -0.25) is 9.78 Å². The molecule has 1 saturated carbocycles. The van der Waals surface area contributed by atoms with E-state index in [1.54, 1.807) is 6.07 Å². The van der Waals surface area contributed by atoms with Crippen LogP contribution < -0.4 is 10.1 Å². The highest BCUT2D eigenvalue weighted by Crippen LogP contribution is 2.35. The first-order valence-corrected chi connectivity index (χ1v) is 12.6. The summed E-state index contributed by atoms with van der Waals surface area (Å²) < 4.78 is 71.7. The molecule has 6 nitrogen and oxygen atoms in total. The summed E-state index contributed by atoms with van der Waals surface area (Å²) in [5.41, 5.74) is -0.190. The largest absolute Gasteiger partial charge is 0.472 e. The number of amides is 1. The highest BCUT2D eigenvalue weighted by atomic mass is 19.3. The third-order valence-electron chi connectivity index (χ3n) is 7.15. The van der Waals surface area contributed by atoms with Gasteiger partial charge in [0.1, 0.15) is 11.4 Å². The molecule has 2 aliphatic rings. The summed E-state index contributed by atoms with van der Waals surface area (Å²) in [7, 11) is 0. The van der Waals surface area contributed by atoms with Crippen molar-refractivity contribution in [2.45, 2.75) is 69.5 Å². The van der Waals surface area contributed by atoms with Crippen molar-refractivity contribution in [2.75, 3.05) is 26.2 Å². The number of rotatable bonds is 9. The quantitative estimate of drug-likeness (QED) is 0.470. The number of nitrogens with one attached hydrogen (secondary N) is 1. The van der Waals surface area contributed by atoms with E-state index in [-0.39, 0.29) is 30.3 Å². The van der Waals surface area contributed by atoms with Crippen LogP contribution in [0.4, 0.5) is 22.0 Å². The van der Waals surface area contributed by atoms with Gasteiger partial charge in [-0.25, -0.2) is 26.9 Å². The zero-order valence-electron chi connectivity index (χ0n) is 20.4. The molecule has 0 aromatic carbocycles. The Morgan fingerprint density at radius 1 is 1.14 bits per heavy atom. The highest BCUT2D eigenvalue weighted by Gasteiger charge is 2.36. The monoisotopic (exact) mass is 526 g/mol. The number of carbonyl (C=O) groups excluding carboxylic acids is 1. The molecule has 0 radical (unpaired) electrons. The minimum Gasteiger partial charge on any atom is -0.472 e. The lowest BCUT2D eigenvalue weighted by molar-refractivity contribution is 0.0642. The van der Waals surface area contributed by atoms with Crippen LogP contribution in [0.2, 0.25) is 0 Å². The van der Waals surface area contributed by atoms with Gasteiger partial charge in [0, 0.05) is 50.1 Å². The zero-order chi connectivity index (χ0) is 26.4. The number of halogens is 5. The van der Waals surface area contributed by atoms with Gasteiger partial charge < -0.3 is 15.0 Å². The Morgan fingerprint density at radius 3 is 2.62 bits per heavy atom. The molecule has 1 aliphatic carbocycles. The smallest absolute Gasteiger partial charge is 0.281 e. The first kappa shape index (κ1) is 27.2. The first-order valence-electron chi connectivity index (χ1n) is 12.6. The van der Waals surface area contributed by atoms with E-state index in [2.05, 4.69) is 20.2 Å². The van der Waals surface area contributed by atoms with Crippen molar-refractivity contribution in [1.82, 2.24) is 20.2 Å². The number of hydrogen-bond acceptors (Lipinski definition) is 5. The number of pyridine rings is 2. The van der Waals surface area contributed by atoms with Crippen LogP contribution in [0.3, 0.4) is 0 Å². The minimum atomic E-state index is -2.85. The predicted molar refractivity (Wildman–Crippen MR) is 127 cm³/mol. The Bertz CT molecular complexity index is 1060. The molecule has 0 spiro atoms. The van der Waals surface area contributed by atoms with E-state index in [0.29, 0.717) is 38.8 Å². The second kappa shape index (κ2) is 12.1. The van der Waals surface area contributed by atoms with E-state index in [1.165, 1.54) is 18.3 Å². The summed E-state index contributed by atoms with van der Waals surface area (Å²) >= 11 is 0. The van der Waals surface area contributed by atoms with Gasteiger partial charge in [0.25, 0.3) is 18.8 Å². The predicted octanol–water partition coefficient (Wildman–Crippen LogP) is 4.93. The van der Waals surface area contributed by atoms with Crippen LogP contribution in [0.5, 0.6) is 5.88 Å². The van der Waals surface area contributed by atoms with Crippen molar-refractivity contribution in [3.05, 3.63) is 53.0 Å². The molecule has 0 unspecified atom stereocenters. The average molecular weight is 527 g/mol. The summed E-state index contributed by atoms with van der Waals surface area (Å²) in [6.45, 7) is 1.31. The van der Waals surface area contributed by atoms with Crippen LogP contribution in [0, 0.1) is 0 Å². The third kappa shape index (κ3) is 7.37. The molecule has 0 atom stereocenters. The number of carbonyl (C=O) groups is 1. The Labute approximate surface area is 212 Å². The molecular weight excluding hydrogens is 495 g/mol. The topological polar surface area (TPSA) is 67.4 Å². The van der Waals surface area contributed by atoms with Gasteiger partial charge in [-0.15, -0.1) is 0 Å². The van der Waals surface area contributed by atoms with Crippen LogP contribution in [-0.2, 0) is 12.8 Å². The number of fused-ring (bicyclic) bond motifs is 1. The van der Waals surface area contributed by atoms with E-state index in [9.17, 15) is 22.4 Å². The summed E-state index contributed by atoms with van der Waals surface area (Å²) in [6, 6.07) is 5.94. The van der Waals surface area contributed by atoms with Crippen molar-refractivity contribution >= 4 is 5.91 Å². The lowest BCUT2D eigenvalue weighted by atomic mass is 9.81. The fraction of sp³-hybridized carbons (Fsp3) is 0.577. The van der Waals surface area contributed by atoms with E-state index in [1.807, 2.05) is 6.07 Å². The van der Waals surface area contributed by atoms with Crippen molar-refractivity contribution in [2.24, 2.45) is 0 Å². The summed E-state index contributed by atoms with van der Waals surface area (Å²) in [5, 5.41) is 2.76. The SMILES string of the molecule is O=C(NC1CCC(F)(CCN2CCc3ccc(OCC(F)F)nc3CC2)CC1)c1cccnc1C(F)F. The van der Waals surface area contributed by atoms with Crippen LogP contribution in [0.15, 0.2) is 30.5 Å². The molecule has 1 aliphatic heterocycles. The molecule has 202 valence electrons. The number of aromatic nitrogens is 2. The van der Waals surface area contributed by atoms with Gasteiger partial charge in [0.2, 0.25) is 5.88 Å². The van der Waals surface area contributed by atoms with Gasteiger partial charge in [-0.2, -0.15) is 0 Å². The number of alkyl halides is 5. The number of hydrogen-bond donors (Lipinski definition) is 1. The van der Waals surface area contributed by atoms with E-state index < -0.39 is 36.7 Å². The number of ether oxygens (including phenoxy) is 1. The van der Waals surface area contributed by atoms with Crippen molar-refractivity contribution in [3.63, 3.8) is 0 Å². The molecule has 2 aromatic rings. The van der Waals surface area contributed by atoms with Crippen LogP contribution in [-0.4, -0.2) is 65.2 Å². The summed E-state index contributed by atoms with van der Waals surface area (Å²) in [4.78, 5) is 22.7. The minimum absolute atomic E-state index is 0.154. The molecule has 0 saturated heterocycles. The fourth-order valence-corrected chi connectivity index (χ4v) is 5.00. The lowest BCUT2D eigenvalue weighted by Crippen LogP contribution is -2.43. The van der Waals surface area contributed by atoms with Crippen molar-refractivity contribution in [1.29, 1.82) is 0 Å². The molecule has 1 fully saturated rings. The maximum atomic E-state index is 15.6. The lowest BCUT2D eigenvalue weighted by Gasteiger charge is -2.35. The molecule has 1 N–H and O–H groups in total. The van der Waals surface area contributed by atoms with Crippen molar-refractivity contribution < 1.29 is 31.5 Å². The van der Waals surface area contributed by atoms with Gasteiger partial charge >= 0.3 is 0 Å². The van der Waals surface area contributed by atoms with E-state index >= 15 is 4.39 Å². The maximum absolute atomic E-state index is 15.6. The van der Waals surface area contributed by atoms with E-state index in [4.69, 9.17) is 4.74 Å². The molecule has 2 aromatic heterocycles. The Morgan fingerprint density at radius 2 is 1.89 bits per heavy atom. The normalized spacial score (nSPS) is 22.5. The van der Waals surface area contributed by atoms with Gasteiger partial charge in [-0.05, 0) is 56.2 Å². The second-order valence-corrected chi connectivity index (χ2v) is 9.68. The van der Waals surface area contributed by atoms with Crippen LogP contribution >= 0.6 is 0 Å². The maximum Gasteiger partial charge on any atom is 0.281 e. The van der Waals surface area contributed by atoms with Crippen LogP contribution in [0.25, 0.3) is 0 Å². The molecule has 3 heterocycles. The van der Waals surface area contributed by atoms with Gasteiger partial charge in [0.15, 0.2) is 6.61 Å². The first-order chi connectivity index (χ1) is 17.7. The van der Waals surface area contributed by atoms with Crippen molar-refractivity contribution in [3.8, 4) is 5.88 Å². The van der Waals surface area contributed by atoms with Gasteiger partial charge in [0.05, 0.1) is 5.56 Å². The average Bonchev–Trinajstić information content (AvgIpc) is 3.09. The Kier molecular flexibility index (Phi) is 8.94.